The number of thioether (sulfide) groups is 1. The SMILES string of the molecule is O=C(COC(=O)CN1CCSC1=O)Nc1ccc(Cl)c(C(F)(F)F)c1. The Bertz CT molecular complexity index is 699. The van der Waals surface area contributed by atoms with Gasteiger partial charge < -0.3 is 15.0 Å². The fourth-order valence-electron chi connectivity index (χ4n) is 1.93. The molecule has 1 aromatic rings. The molecule has 6 nitrogen and oxygen atoms in total. The molecule has 25 heavy (non-hydrogen) atoms. The number of nitrogens with one attached hydrogen (secondary N) is 1. The van der Waals surface area contributed by atoms with Gasteiger partial charge in [0.2, 0.25) is 0 Å². The largest absolute Gasteiger partial charge is 0.454 e. The first-order valence-corrected chi connectivity index (χ1v) is 8.27. The van der Waals surface area contributed by atoms with Crippen molar-refractivity contribution in [2.45, 2.75) is 6.18 Å². The Morgan fingerprint density at radius 2 is 2.08 bits per heavy atom. The van der Waals surface area contributed by atoms with Crippen LogP contribution in [0.1, 0.15) is 5.56 Å². The minimum absolute atomic E-state index is 0.135. The highest BCUT2D eigenvalue weighted by atomic mass is 35.5. The molecule has 1 aromatic carbocycles. The number of ether oxygens (including phenoxy) is 1. The molecule has 2 amide bonds. The number of halogens is 4. The van der Waals surface area contributed by atoms with E-state index >= 15 is 0 Å². The first-order valence-electron chi connectivity index (χ1n) is 6.91. The van der Waals surface area contributed by atoms with Crippen molar-refractivity contribution in [2.75, 3.05) is 30.8 Å². The molecule has 1 N–H and O–H groups in total. The Kier molecular flexibility index (Phi) is 6.17. The number of amides is 2. The van der Waals surface area contributed by atoms with Crippen molar-refractivity contribution in [1.29, 1.82) is 0 Å². The third kappa shape index (κ3) is 5.53. The fourth-order valence-corrected chi connectivity index (χ4v) is 2.98. The average Bonchev–Trinajstić information content (AvgIpc) is 2.91. The van der Waals surface area contributed by atoms with Crippen LogP contribution >= 0.6 is 23.4 Å². The molecule has 1 aliphatic heterocycles. The van der Waals surface area contributed by atoms with Crippen molar-refractivity contribution >= 4 is 46.2 Å². The van der Waals surface area contributed by atoms with Crippen LogP contribution in [0.2, 0.25) is 5.02 Å². The molecular formula is C14H12ClF3N2O4S. The van der Waals surface area contributed by atoms with Gasteiger partial charge in [0.05, 0.1) is 10.6 Å². The van der Waals surface area contributed by atoms with Crippen molar-refractivity contribution < 1.29 is 32.3 Å². The summed E-state index contributed by atoms with van der Waals surface area (Å²) in [5.74, 6) is -1.02. The Balaban J connectivity index is 1.86. The van der Waals surface area contributed by atoms with Crippen LogP contribution in [-0.2, 0) is 20.5 Å². The number of hydrogen-bond donors (Lipinski definition) is 1. The maximum Gasteiger partial charge on any atom is 0.417 e. The maximum atomic E-state index is 12.7. The highest BCUT2D eigenvalue weighted by molar-refractivity contribution is 8.13. The van der Waals surface area contributed by atoms with Gasteiger partial charge in [0.1, 0.15) is 6.54 Å². The van der Waals surface area contributed by atoms with Gasteiger partial charge in [-0.3, -0.25) is 14.4 Å². The van der Waals surface area contributed by atoms with Gasteiger partial charge in [-0.1, -0.05) is 23.4 Å². The summed E-state index contributed by atoms with van der Waals surface area (Å²) in [7, 11) is 0. The van der Waals surface area contributed by atoms with Crippen LogP contribution in [-0.4, -0.2) is 47.5 Å². The van der Waals surface area contributed by atoms with E-state index in [9.17, 15) is 27.6 Å². The Morgan fingerprint density at radius 3 is 2.68 bits per heavy atom. The van der Waals surface area contributed by atoms with Crippen LogP contribution in [0.25, 0.3) is 0 Å². The monoisotopic (exact) mass is 396 g/mol. The highest BCUT2D eigenvalue weighted by Gasteiger charge is 2.33. The van der Waals surface area contributed by atoms with Crippen LogP contribution < -0.4 is 5.32 Å². The second-order valence-corrected chi connectivity index (χ2v) is 6.39. The molecule has 0 aliphatic carbocycles. The lowest BCUT2D eigenvalue weighted by Gasteiger charge is -2.14. The zero-order valence-electron chi connectivity index (χ0n) is 12.6. The first kappa shape index (κ1) is 19.4. The molecule has 2 rings (SSSR count). The lowest BCUT2D eigenvalue weighted by Crippen LogP contribution is -2.32. The predicted molar refractivity (Wildman–Crippen MR) is 85.5 cm³/mol. The molecule has 0 spiro atoms. The van der Waals surface area contributed by atoms with E-state index < -0.39 is 35.2 Å². The third-order valence-electron chi connectivity index (χ3n) is 3.08. The quantitative estimate of drug-likeness (QED) is 0.774. The number of hydrogen-bond acceptors (Lipinski definition) is 5. The van der Waals surface area contributed by atoms with E-state index in [1.807, 2.05) is 0 Å². The van der Waals surface area contributed by atoms with Crippen molar-refractivity contribution in [1.82, 2.24) is 4.90 Å². The number of esters is 1. The fraction of sp³-hybridized carbons (Fsp3) is 0.357. The molecule has 0 radical (unpaired) electrons. The second kappa shape index (κ2) is 7.96. The summed E-state index contributed by atoms with van der Waals surface area (Å²) in [5, 5.41) is 1.44. The van der Waals surface area contributed by atoms with Crippen LogP contribution in [0.3, 0.4) is 0 Å². The lowest BCUT2D eigenvalue weighted by atomic mass is 10.2. The summed E-state index contributed by atoms with van der Waals surface area (Å²) in [4.78, 5) is 35.8. The van der Waals surface area contributed by atoms with Gasteiger partial charge in [-0.25, -0.2) is 0 Å². The third-order valence-corrected chi connectivity index (χ3v) is 4.31. The van der Waals surface area contributed by atoms with Crippen molar-refractivity contribution in [3.63, 3.8) is 0 Å². The summed E-state index contributed by atoms with van der Waals surface area (Å²) < 4.78 is 42.9. The number of carbonyl (C=O) groups excluding carboxylic acids is 3. The van der Waals surface area contributed by atoms with Gasteiger partial charge in [-0.2, -0.15) is 13.2 Å². The minimum atomic E-state index is -4.66. The summed E-state index contributed by atoms with van der Waals surface area (Å²) in [6, 6.07) is 2.88. The number of rotatable bonds is 5. The van der Waals surface area contributed by atoms with E-state index in [0.717, 1.165) is 17.8 Å². The smallest absolute Gasteiger partial charge is 0.417 e. The summed E-state index contributed by atoms with van der Waals surface area (Å²) in [5.41, 5.74) is -1.22. The highest BCUT2D eigenvalue weighted by Crippen LogP contribution is 2.36. The Hall–Kier alpha value is -1.94. The molecular weight excluding hydrogens is 385 g/mol. The molecule has 1 fully saturated rings. The van der Waals surface area contributed by atoms with Crippen LogP contribution in [0, 0.1) is 0 Å². The predicted octanol–water partition coefficient (Wildman–Crippen LogP) is 3.01. The average molecular weight is 397 g/mol. The molecule has 0 unspecified atom stereocenters. The Labute approximate surface area is 149 Å². The molecule has 1 heterocycles. The van der Waals surface area contributed by atoms with Gasteiger partial charge in [0.15, 0.2) is 6.61 Å². The van der Waals surface area contributed by atoms with Crippen LogP contribution in [0.15, 0.2) is 18.2 Å². The van der Waals surface area contributed by atoms with E-state index in [-0.39, 0.29) is 17.5 Å². The van der Waals surface area contributed by atoms with Crippen LogP contribution in [0.5, 0.6) is 0 Å². The molecule has 11 heteroatoms. The van der Waals surface area contributed by atoms with Gasteiger partial charge in [-0.15, -0.1) is 0 Å². The lowest BCUT2D eigenvalue weighted by molar-refractivity contribution is -0.147. The van der Waals surface area contributed by atoms with Gasteiger partial charge in [-0.05, 0) is 18.2 Å². The molecule has 1 saturated heterocycles. The minimum Gasteiger partial charge on any atom is -0.454 e. The number of benzene rings is 1. The molecule has 1 aliphatic rings. The van der Waals surface area contributed by atoms with Gasteiger partial charge in [0.25, 0.3) is 11.1 Å². The van der Waals surface area contributed by atoms with Crippen molar-refractivity contribution in [2.24, 2.45) is 0 Å². The molecule has 0 aromatic heterocycles. The van der Waals surface area contributed by atoms with Crippen molar-refractivity contribution in [3.8, 4) is 0 Å². The normalized spacial score (nSPS) is 14.6. The molecule has 0 bridgehead atoms. The van der Waals surface area contributed by atoms with E-state index in [1.54, 1.807) is 0 Å². The first-order chi connectivity index (χ1) is 11.7. The van der Waals surface area contributed by atoms with E-state index in [2.05, 4.69) is 5.32 Å². The molecule has 0 saturated carbocycles. The molecule has 0 atom stereocenters. The summed E-state index contributed by atoms with van der Waals surface area (Å²) in [6.45, 7) is -0.550. The van der Waals surface area contributed by atoms with E-state index in [1.165, 1.54) is 11.0 Å². The number of anilines is 1. The van der Waals surface area contributed by atoms with Crippen LogP contribution in [0.4, 0.5) is 23.7 Å². The van der Waals surface area contributed by atoms with Gasteiger partial charge >= 0.3 is 12.1 Å². The summed E-state index contributed by atoms with van der Waals surface area (Å²) in [6.07, 6.45) is -4.66. The van der Waals surface area contributed by atoms with Crippen molar-refractivity contribution in [3.05, 3.63) is 28.8 Å². The number of nitrogens with zero attached hydrogens (tertiary/aromatic N) is 1. The maximum absolute atomic E-state index is 12.7. The van der Waals surface area contributed by atoms with E-state index in [0.29, 0.717) is 18.4 Å². The standard InChI is InChI=1S/C14H12ClF3N2O4S/c15-10-2-1-8(5-9(10)14(16,17)18)19-11(21)7-24-12(22)6-20-3-4-25-13(20)23/h1-2,5H,3-4,6-7H2,(H,19,21). The number of alkyl halides is 3. The topological polar surface area (TPSA) is 75.7 Å². The second-order valence-electron chi connectivity index (χ2n) is 4.94. The summed E-state index contributed by atoms with van der Waals surface area (Å²) >= 11 is 6.55. The van der Waals surface area contributed by atoms with E-state index in [4.69, 9.17) is 16.3 Å². The number of carbonyl (C=O) groups is 3. The zero-order chi connectivity index (χ0) is 18.6. The Morgan fingerprint density at radius 1 is 1.36 bits per heavy atom. The molecule has 136 valence electrons. The zero-order valence-corrected chi connectivity index (χ0v) is 14.1. The van der Waals surface area contributed by atoms with Gasteiger partial charge in [0, 0.05) is 18.0 Å².